The molecular weight excluding hydrogens is 287 g/mol. The Morgan fingerprint density at radius 3 is 2.80 bits per heavy atom. The minimum Gasteiger partial charge on any atom is -0.481 e. The summed E-state index contributed by atoms with van der Waals surface area (Å²) in [5.41, 5.74) is 0. The van der Waals surface area contributed by atoms with E-state index in [4.69, 9.17) is 5.11 Å². The summed E-state index contributed by atoms with van der Waals surface area (Å²) in [6, 6.07) is 1.39. The second-order valence-electron chi connectivity index (χ2n) is 5.10. The maximum absolute atomic E-state index is 13.7. The number of carbonyl (C=O) groups is 1. The summed E-state index contributed by atoms with van der Waals surface area (Å²) in [4.78, 5) is 14.8. The molecule has 0 spiro atoms. The number of nitrogens with zero attached hydrogens (tertiary/aromatic N) is 2. The minimum absolute atomic E-state index is 0.285. The Balaban J connectivity index is 2.02. The van der Waals surface area contributed by atoms with Gasteiger partial charge in [0.2, 0.25) is 5.03 Å². The molecule has 3 rings (SSSR count). The number of pyridine rings is 1. The second-order valence-corrected chi connectivity index (χ2v) is 6.86. The van der Waals surface area contributed by atoms with E-state index in [1.165, 1.54) is 12.3 Å². The smallest absolute Gasteiger partial charge is 0.308 e. The highest BCUT2D eigenvalue weighted by molar-refractivity contribution is 7.89. The van der Waals surface area contributed by atoms with Gasteiger partial charge in [-0.1, -0.05) is 0 Å². The van der Waals surface area contributed by atoms with Crippen molar-refractivity contribution in [2.45, 2.75) is 36.4 Å². The average Bonchev–Trinajstić information content (AvgIpc) is 2.97. The first kappa shape index (κ1) is 13.4. The molecule has 2 fully saturated rings. The lowest BCUT2D eigenvalue weighted by molar-refractivity contribution is -0.142. The summed E-state index contributed by atoms with van der Waals surface area (Å²) in [6.07, 6.45) is 2.60. The van der Waals surface area contributed by atoms with Crippen molar-refractivity contribution in [2.24, 2.45) is 5.92 Å². The summed E-state index contributed by atoms with van der Waals surface area (Å²) in [7, 11) is -4.09. The van der Waals surface area contributed by atoms with Crippen LogP contribution in [0.25, 0.3) is 0 Å². The Hall–Kier alpha value is -1.54. The van der Waals surface area contributed by atoms with Gasteiger partial charge in [-0.2, -0.15) is 4.31 Å². The molecule has 108 valence electrons. The topological polar surface area (TPSA) is 87.6 Å². The Labute approximate surface area is 115 Å². The van der Waals surface area contributed by atoms with Crippen LogP contribution in [0.3, 0.4) is 0 Å². The van der Waals surface area contributed by atoms with Crippen LogP contribution < -0.4 is 0 Å². The van der Waals surface area contributed by atoms with Gasteiger partial charge < -0.3 is 5.11 Å². The summed E-state index contributed by atoms with van der Waals surface area (Å²) in [5.74, 6) is -2.63. The molecule has 3 unspecified atom stereocenters. The molecule has 2 saturated heterocycles. The number of aliphatic carboxylic acids is 1. The molecule has 20 heavy (non-hydrogen) atoms. The zero-order valence-electron chi connectivity index (χ0n) is 10.4. The maximum Gasteiger partial charge on any atom is 0.308 e. The molecule has 2 aliphatic rings. The third kappa shape index (κ3) is 1.82. The van der Waals surface area contributed by atoms with Crippen molar-refractivity contribution in [1.29, 1.82) is 0 Å². The first-order valence-corrected chi connectivity index (χ1v) is 7.74. The largest absolute Gasteiger partial charge is 0.481 e. The number of hydrogen-bond acceptors (Lipinski definition) is 4. The standard InChI is InChI=1S/C12H13FN2O4S/c13-9-2-1-5-14-11(9)20(18,19)15-7-3-4-10(15)8(6-7)12(16)17/h1-2,5,7-8,10H,3-4,6H2,(H,16,17). The van der Waals surface area contributed by atoms with Gasteiger partial charge in [0.05, 0.1) is 5.92 Å². The number of sulfonamides is 1. The van der Waals surface area contributed by atoms with Crippen LogP contribution in [-0.2, 0) is 14.8 Å². The number of fused-ring (bicyclic) bond motifs is 2. The molecule has 6 nitrogen and oxygen atoms in total. The number of halogens is 1. The van der Waals surface area contributed by atoms with Crippen LogP contribution >= 0.6 is 0 Å². The van der Waals surface area contributed by atoms with Gasteiger partial charge >= 0.3 is 5.97 Å². The fraction of sp³-hybridized carbons (Fsp3) is 0.500. The van der Waals surface area contributed by atoms with E-state index in [1.807, 2.05) is 0 Å². The number of carboxylic acids is 1. The number of aromatic nitrogens is 1. The van der Waals surface area contributed by atoms with E-state index in [9.17, 15) is 17.6 Å². The van der Waals surface area contributed by atoms with Crippen molar-refractivity contribution in [3.8, 4) is 0 Å². The van der Waals surface area contributed by atoms with Gasteiger partial charge in [0.1, 0.15) is 0 Å². The Morgan fingerprint density at radius 2 is 2.20 bits per heavy atom. The third-order valence-electron chi connectivity index (χ3n) is 4.04. The SMILES string of the molecule is O=C(O)C1CC2CCC1N2S(=O)(=O)c1ncccc1F. The number of rotatable bonds is 3. The van der Waals surface area contributed by atoms with E-state index in [-0.39, 0.29) is 12.5 Å². The van der Waals surface area contributed by atoms with Gasteiger partial charge in [0, 0.05) is 18.3 Å². The first-order chi connectivity index (χ1) is 9.43. The molecule has 8 heteroatoms. The zero-order chi connectivity index (χ0) is 14.5. The zero-order valence-corrected chi connectivity index (χ0v) is 11.3. The monoisotopic (exact) mass is 300 g/mol. The number of hydrogen-bond donors (Lipinski definition) is 1. The van der Waals surface area contributed by atoms with Gasteiger partial charge in [-0.15, -0.1) is 0 Å². The fourth-order valence-corrected chi connectivity index (χ4v) is 5.14. The molecule has 3 atom stereocenters. The van der Waals surface area contributed by atoms with Crippen LogP contribution in [-0.4, -0.2) is 40.9 Å². The van der Waals surface area contributed by atoms with E-state index in [2.05, 4.69) is 4.98 Å². The molecule has 0 amide bonds. The van der Waals surface area contributed by atoms with Gasteiger partial charge in [-0.3, -0.25) is 4.79 Å². The summed E-state index contributed by atoms with van der Waals surface area (Å²) < 4.78 is 39.9. The molecule has 3 heterocycles. The van der Waals surface area contributed by atoms with Crippen molar-refractivity contribution in [2.75, 3.05) is 0 Å². The van der Waals surface area contributed by atoms with E-state index < -0.39 is 38.8 Å². The van der Waals surface area contributed by atoms with Crippen molar-refractivity contribution in [3.05, 3.63) is 24.1 Å². The summed E-state index contributed by atoms with van der Waals surface area (Å²) in [5, 5.41) is 8.51. The first-order valence-electron chi connectivity index (χ1n) is 6.30. The molecule has 0 aromatic carbocycles. The van der Waals surface area contributed by atoms with Gasteiger partial charge in [0.25, 0.3) is 10.0 Å². The lowest BCUT2D eigenvalue weighted by atomic mass is 9.89. The quantitative estimate of drug-likeness (QED) is 0.894. The van der Waals surface area contributed by atoms with E-state index >= 15 is 0 Å². The lowest BCUT2D eigenvalue weighted by Gasteiger charge is -2.21. The lowest BCUT2D eigenvalue weighted by Crippen LogP contribution is -2.38. The molecule has 2 bridgehead atoms. The Bertz CT molecular complexity index is 663. The minimum atomic E-state index is -4.09. The fourth-order valence-electron chi connectivity index (χ4n) is 3.24. The molecule has 0 saturated carbocycles. The third-order valence-corrected chi connectivity index (χ3v) is 5.95. The molecule has 0 radical (unpaired) electrons. The molecule has 1 aromatic rings. The van der Waals surface area contributed by atoms with Crippen molar-refractivity contribution in [3.63, 3.8) is 0 Å². The van der Waals surface area contributed by atoms with Gasteiger partial charge in [0.15, 0.2) is 5.82 Å². The van der Waals surface area contributed by atoms with Crippen LogP contribution in [0.1, 0.15) is 19.3 Å². The van der Waals surface area contributed by atoms with Crippen LogP contribution in [0.4, 0.5) is 4.39 Å². The molecular formula is C12H13FN2O4S. The van der Waals surface area contributed by atoms with Crippen molar-refractivity contribution >= 4 is 16.0 Å². The molecule has 1 aromatic heterocycles. The van der Waals surface area contributed by atoms with E-state index in [1.54, 1.807) is 0 Å². The van der Waals surface area contributed by atoms with Crippen LogP contribution in [0, 0.1) is 11.7 Å². The van der Waals surface area contributed by atoms with Gasteiger partial charge in [-0.05, 0) is 31.4 Å². The highest BCUT2D eigenvalue weighted by Crippen LogP contribution is 2.44. The van der Waals surface area contributed by atoms with E-state index in [0.29, 0.717) is 12.8 Å². The average molecular weight is 300 g/mol. The predicted molar refractivity (Wildman–Crippen MR) is 65.8 cm³/mol. The molecule has 0 aliphatic carbocycles. The molecule has 1 N–H and O–H groups in total. The molecule has 2 aliphatic heterocycles. The van der Waals surface area contributed by atoms with Crippen molar-refractivity contribution in [1.82, 2.24) is 9.29 Å². The Morgan fingerprint density at radius 1 is 1.45 bits per heavy atom. The normalized spacial score (nSPS) is 29.8. The maximum atomic E-state index is 13.7. The van der Waals surface area contributed by atoms with Crippen LogP contribution in [0.15, 0.2) is 23.4 Å². The summed E-state index contributed by atoms with van der Waals surface area (Å²) in [6.45, 7) is 0. The number of carboxylic acid groups (broad SMARTS) is 1. The van der Waals surface area contributed by atoms with Crippen LogP contribution in [0.2, 0.25) is 0 Å². The summed E-state index contributed by atoms with van der Waals surface area (Å²) >= 11 is 0. The van der Waals surface area contributed by atoms with Crippen molar-refractivity contribution < 1.29 is 22.7 Å². The van der Waals surface area contributed by atoms with E-state index in [0.717, 1.165) is 10.4 Å². The Kier molecular flexibility index (Phi) is 3.02. The van der Waals surface area contributed by atoms with Crippen LogP contribution in [0.5, 0.6) is 0 Å². The highest BCUT2D eigenvalue weighted by Gasteiger charge is 2.55. The highest BCUT2D eigenvalue weighted by atomic mass is 32.2. The second kappa shape index (κ2) is 4.49. The predicted octanol–water partition coefficient (Wildman–Crippen LogP) is 0.847. The van der Waals surface area contributed by atoms with Gasteiger partial charge in [-0.25, -0.2) is 17.8 Å².